The molecule has 4 rings (SSSR count). The Balaban J connectivity index is 1.48. The lowest BCUT2D eigenvalue weighted by atomic mass is 10.1. The summed E-state index contributed by atoms with van der Waals surface area (Å²) in [6.45, 7) is 6.06. The highest BCUT2D eigenvalue weighted by Crippen LogP contribution is 2.25. The first-order valence-electron chi connectivity index (χ1n) is 10.8. The highest BCUT2D eigenvalue weighted by atomic mass is 16.5. The number of ether oxygens (including phenoxy) is 1. The van der Waals surface area contributed by atoms with Gasteiger partial charge >= 0.3 is 0 Å². The summed E-state index contributed by atoms with van der Waals surface area (Å²) in [5.41, 5.74) is 11.6. The van der Waals surface area contributed by atoms with Crippen molar-refractivity contribution in [3.05, 3.63) is 77.5 Å². The lowest BCUT2D eigenvalue weighted by molar-refractivity contribution is -0.117. The molecule has 32 heavy (non-hydrogen) atoms. The van der Waals surface area contributed by atoms with E-state index < -0.39 is 0 Å². The monoisotopic (exact) mass is 431 g/mol. The second kappa shape index (κ2) is 10.2. The summed E-state index contributed by atoms with van der Waals surface area (Å²) in [6, 6.07) is 18.5. The third-order valence-electron chi connectivity index (χ3n) is 5.43. The Bertz CT molecular complexity index is 1060. The van der Waals surface area contributed by atoms with E-state index in [-0.39, 0.29) is 12.3 Å². The fourth-order valence-electron chi connectivity index (χ4n) is 3.79. The number of amides is 1. The van der Waals surface area contributed by atoms with E-state index in [1.54, 1.807) is 6.20 Å². The molecule has 4 N–H and O–H groups in total. The molecule has 1 aromatic heterocycles. The first-order valence-corrected chi connectivity index (χ1v) is 10.8. The van der Waals surface area contributed by atoms with Gasteiger partial charge in [-0.05, 0) is 36.8 Å². The summed E-state index contributed by atoms with van der Waals surface area (Å²) < 4.78 is 5.43. The molecule has 0 bridgehead atoms. The molecule has 7 nitrogen and oxygen atoms in total. The molecular weight excluding hydrogens is 402 g/mol. The van der Waals surface area contributed by atoms with Crippen LogP contribution >= 0.6 is 0 Å². The van der Waals surface area contributed by atoms with Gasteiger partial charge in [0.15, 0.2) is 0 Å². The van der Waals surface area contributed by atoms with Gasteiger partial charge in [0.2, 0.25) is 5.91 Å². The number of hydrogen-bond acceptors (Lipinski definition) is 6. The van der Waals surface area contributed by atoms with Gasteiger partial charge in [-0.3, -0.25) is 4.79 Å². The number of nitrogens with zero attached hydrogens (tertiary/aromatic N) is 2. The van der Waals surface area contributed by atoms with Gasteiger partial charge in [0, 0.05) is 54.5 Å². The van der Waals surface area contributed by atoms with Crippen LogP contribution in [0.4, 0.5) is 22.9 Å². The molecule has 1 saturated heterocycles. The maximum absolute atomic E-state index is 11.5. The van der Waals surface area contributed by atoms with E-state index in [1.807, 2.05) is 24.3 Å². The average Bonchev–Trinajstić information content (AvgIpc) is 2.80. The van der Waals surface area contributed by atoms with Gasteiger partial charge < -0.3 is 26.0 Å². The van der Waals surface area contributed by atoms with E-state index in [0.29, 0.717) is 12.4 Å². The van der Waals surface area contributed by atoms with Crippen LogP contribution in [-0.4, -0.2) is 37.2 Å². The number of carbonyl (C=O) groups is 1. The number of rotatable bonds is 8. The van der Waals surface area contributed by atoms with E-state index in [9.17, 15) is 4.79 Å². The molecular formula is C25H29N5O2. The first-order chi connectivity index (χ1) is 15.6. The Morgan fingerprint density at radius 3 is 2.62 bits per heavy atom. The second-order valence-corrected chi connectivity index (χ2v) is 7.98. The predicted molar refractivity (Wildman–Crippen MR) is 128 cm³/mol. The van der Waals surface area contributed by atoms with Crippen molar-refractivity contribution >= 4 is 28.8 Å². The van der Waals surface area contributed by atoms with Crippen molar-refractivity contribution in [3.63, 3.8) is 0 Å². The van der Waals surface area contributed by atoms with Crippen molar-refractivity contribution < 1.29 is 9.53 Å². The van der Waals surface area contributed by atoms with E-state index in [0.717, 1.165) is 43.2 Å². The van der Waals surface area contributed by atoms with Crippen molar-refractivity contribution in [3.8, 4) is 0 Å². The van der Waals surface area contributed by atoms with Crippen LogP contribution in [0.15, 0.2) is 60.8 Å². The molecule has 2 aromatic carbocycles. The molecule has 7 heteroatoms. The molecule has 0 radical (unpaired) electrons. The minimum atomic E-state index is -0.384. The quantitative estimate of drug-likeness (QED) is 0.505. The Labute approximate surface area is 188 Å². The van der Waals surface area contributed by atoms with Crippen LogP contribution in [0.5, 0.6) is 0 Å². The molecule has 1 fully saturated rings. The lowest BCUT2D eigenvalue weighted by Crippen LogP contribution is -2.36. The Morgan fingerprint density at radius 1 is 1.12 bits per heavy atom. The number of primary amides is 1. The van der Waals surface area contributed by atoms with Crippen LogP contribution in [0.3, 0.4) is 0 Å². The molecule has 3 aromatic rings. The van der Waals surface area contributed by atoms with E-state index >= 15 is 0 Å². The summed E-state index contributed by atoms with van der Waals surface area (Å²) >= 11 is 0. The van der Waals surface area contributed by atoms with Gasteiger partial charge in [-0.1, -0.05) is 29.8 Å². The number of aromatic nitrogens is 1. The topological polar surface area (TPSA) is 92.5 Å². The maximum atomic E-state index is 11.5. The SMILES string of the molecule is Cc1cccc(CNc2cc(Nc3ccc(N4CCOCC4)cc3)ncc2CC(N)=O)c1. The Kier molecular flexibility index (Phi) is 6.87. The summed E-state index contributed by atoms with van der Waals surface area (Å²) in [5, 5.41) is 6.79. The van der Waals surface area contributed by atoms with Crippen molar-refractivity contribution in [2.24, 2.45) is 5.73 Å². The molecule has 2 heterocycles. The molecule has 0 saturated carbocycles. The summed E-state index contributed by atoms with van der Waals surface area (Å²) in [6.07, 6.45) is 1.84. The number of aryl methyl sites for hydroxylation is 1. The highest BCUT2D eigenvalue weighted by Gasteiger charge is 2.12. The summed E-state index contributed by atoms with van der Waals surface area (Å²) in [7, 11) is 0. The van der Waals surface area contributed by atoms with Crippen LogP contribution in [0.25, 0.3) is 0 Å². The number of carbonyl (C=O) groups excluding carboxylic acids is 1. The predicted octanol–water partition coefficient (Wildman–Crippen LogP) is 3.61. The zero-order valence-corrected chi connectivity index (χ0v) is 18.3. The average molecular weight is 432 g/mol. The van der Waals surface area contributed by atoms with E-state index in [1.165, 1.54) is 16.8 Å². The molecule has 1 aliphatic rings. The Morgan fingerprint density at radius 2 is 1.91 bits per heavy atom. The molecule has 0 spiro atoms. The zero-order chi connectivity index (χ0) is 22.3. The summed E-state index contributed by atoms with van der Waals surface area (Å²) in [4.78, 5) is 18.3. The minimum Gasteiger partial charge on any atom is -0.381 e. The van der Waals surface area contributed by atoms with Gasteiger partial charge in [0.05, 0.1) is 19.6 Å². The number of pyridine rings is 1. The van der Waals surface area contributed by atoms with Crippen LogP contribution in [0, 0.1) is 6.92 Å². The largest absolute Gasteiger partial charge is 0.381 e. The van der Waals surface area contributed by atoms with Gasteiger partial charge in [-0.2, -0.15) is 0 Å². The molecule has 0 atom stereocenters. The lowest BCUT2D eigenvalue weighted by Gasteiger charge is -2.28. The van der Waals surface area contributed by atoms with Crippen molar-refractivity contribution in [1.82, 2.24) is 4.98 Å². The fourth-order valence-corrected chi connectivity index (χ4v) is 3.79. The maximum Gasteiger partial charge on any atom is 0.221 e. The number of nitrogens with two attached hydrogens (primary N) is 1. The molecule has 1 aliphatic heterocycles. The Hall–Kier alpha value is -3.58. The van der Waals surface area contributed by atoms with E-state index in [2.05, 4.69) is 57.8 Å². The number of anilines is 4. The van der Waals surface area contributed by atoms with Crippen molar-refractivity contribution in [1.29, 1.82) is 0 Å². The number of benzene rings is 2. The zero-order valence-electron chi connectivity index (χ0n) is 18.3. The fraction of sp³-hybridized carbons (Fsp3) is 0.280. The smallest absolute Gasteiger partial charge is 0.221 e. The number of hydrogen-bond donors (Lipinski definition) is 3. The normalized spacial score (nSPS) is 13.6. The standard InChI is InChI=1S/C25H29N5O2/c1-18-3-2-4-19(13-18)16-27-23-15-25(28-17-20(23)14-24(26)31)29-21-5-7-22(8-6-21)30-9-11-32-12-10-30/h2-8,13,15,17H,9-12,14,16H2,1H3,(H2,26,31)(H2,27,28,29). The number of nitrogens with one attached hydrogen (secondary N) is 2. The van der Waals surface area contributed by atoms with Crippen LogP contribution in [0.1, 0.15) is 16.7 Å². The van der Waals surface area contributed by atoms with Gasteiger partial charge in [0.1, 0.15) is 5.82 Å². The third-order valence-corrected chi connectivity index (χ3v) is 5.43. The second-order valence-electron chi connectivity index (χ2n) is 7.98. The van der Waals surface area contributed by atoms with E-state index in [4.69, 9.17) is 10.5 Å². The highest BCUT2D eigenvalue weighted by molar-refractivity contribution is 5.79. The molecule has 0 aliphatic carbocycles. The summed E-state index contributed by atoms with van der Waals surface area (Å²) in [5.74, 6) is 0.314. The van der Waals surface area contributed by atoms with Crippen LogP contribution in [-0.2, 0) is 22.5 Å². The molecule has 166 valence electrons. The minimum absolute atomic E-state index is 0.137. The third kappa shape index (κ3) is 5.76. The van der Waals surface area contributed by atoms with Crippen molar-refractivity contribution in [2.75, 3.05) is 41.8 Å². The van der Waals surface area contributed by atoms with Crippen molar-refractivity contribution in [2.45, 2.75) is 19.9 Å². The van der Waals surface area contributed by atoms with Gasteiger partial charge in [-0.15, -0.1) is 0 Å². The first kappa shape index (κ1) is 21.6. The van der Waals surface area contributed by atoms with Crippen LogP contribution in [0.2, 0.25) is 0 Å². The molecule has 0 unspecified atom stereocenters. The number of morpholine rings is 1. The molecule has 1 amide bonds. The van der Waals surface area contributed by atoms with Gasteiger partial charge in [-0.25, -0.2) is 4.98 Å². The van der Waals surface area contributed by atoms with Gasteiger partial charge in [0.25, 0.3) is 0 Å². The van der Waals surface area contributed by atoms with Crippen LogP contribution < -0.4 is 21.3 Å².